The lowest BCUT2D eigenvalue weighted by molar-refractivity contribution is -0.123. The summed E-state index contributed by atoms with van der Waals surface area (Å²) in [5.41, 5.74) is 7.34. The van der Waals surface area contributed by atoms with Gasteiger partial charge in [0, 0.05) is 11.8 Å². The predicted octanol–water partition coefficient (Wildman–Crippen LogP) is -0.655. The number of amides is 2. The predicted molar refractivity (Wildman–Crippen MR) is 75.9 cm³/mol. The zero-order valence-electron chi connectivity index (χ0n) is 12.3. The van der Waals surface area contributed by atoms with Crippen LogP contribution >= 0.6 is 0 Å². The fourth-order valence-electron chi connectivity index (χ4n) is 1.95. The van der Waals surface area contributed by atoms with Crippen LogP contribution in [0.25, 0.3) is 0 Å². The number of aliphatic hydroxyl groups excluding tert-OH is 1. The summed E-state index contributed by atoms with van der Waals surface area (Å²) in [5.74, 6) is -0.0189. The third-order valence-electron chi connectivity index (χ3n) is 3.26. The van der Waals surface area contributed by atoms with Gasteiger partial charge in [-0.15, -0.1) is 0 Å². The van der Waals surface area contributed by atoms with E-state index < -0.39 is 18.6 Å². The molecule has 22 heavy (non-hydrogen) atoms. The number of hydrogen-bond donors (Lipinski definition) is 2. The molecule has 0 saturated carbocycles. The summed E-state index contributed by atoms with van der Waals surface area (Å²) < 4.78 is 6.62. The van der Waals surface area contributed by atoms with E-state index >= 15 is 0 Å². The minimum Gasteiger partial charge on any atom is -0.394 e. The Kier molecular flexibility index (Phi) is 4.68. The van der Waals surface area contributed by atoms with Gasteiger partial charge in [-0.3, -0.25) is 14.3 Å². The molecule has 0 bridgehead atoms. The van der Waals surface area contributed by atoms with Gasteiger partial charge >= 0.3 is 0 Å². The molecule has 9 heteroatoms. The highest BCUT2D eigenvalue weighted by molar-refractivity contribution is 6.09. The van der Waals surface area contributed by atoms with Crippen LogP contribution in [-0.2, 0) is 16.1 Å². The van der Waals surface area contributed by atoms with Crippen molar-refractivity contribution < 1.29 is 19.2 Å². The standard InChI is InChI=1S/C13H17N5O4/c1-8-11(9(2)22-16-8)5-17-4-10(3-15-17)18(7-20)13(21)12(14)6-19/h3-4,7,12,19H,5-6,14H2,1-2H3. The molecule has 2 aromatic rings. The second kappa shape index (κ2) is 6.50. The van der Waals surface area contributed by atoms with Crippen molar-refractivity contribution >= 4 is 18.0 Å². The molecule has 0 spiro atoms. The number of aryl methyl sites for hydroxylation is 2. The zero-order valence-corrected chi connectivity index (χ0v) is 12.3. The van der Waals surface area contributed by atoms with Crippen molar-refractivity contribution in [1.29, 1.82) is 0 Å². The molecule has 0 radical (unpaired) electrons. The van der Waals surface area contributed by atoms with E-state index in [0.717, 1.165) is 16.2 Å². The van der Waals surface area contributed by atoms with Gasteiger partial charge in [0.05, 0.1) is 30.7 Å². The van der Waals surface area contributed by atoms with Crippen molar-refractivity contribution in [3.8, 4) is 0 Å². The van der Waals surface area contributed by atoms with Crippen LogP contribution in [0, 0.1) is 13.8 Å². The first kappa shape index (κ1) is 15.9. The molecule has 9 nitrogen and oxygen atoms in total. The van der Waals surface area contributed by atoms with Crippen LogP contribution in [0.2, 0.25) is 0 Å². The number of anilines is 1. The lowest BCUT2D eigenvalue weighted by Gasteiger charge is -2.16. The first-order valence-electron chi connectivity index (χ1n) is 6.57. The molecular formula is C13H17N5O4. The van der Waals surface area contributed by atoms with E-state index in [1.807, 2.05) is 6.92 Å². The number of nitrogens with zero attached hydrogens (tertiary/aromatic N) is 4. The van der Waals surface area contributed by atoms with Crippen molar-refractivity contribution in [3.63, 3.8) is 0 Å². The van der Waals surface area contributed by atoms with Gasteiger partial charge < -0.3 is 15.4 Å². The van der Waals surface area contributed by atoms with Crippen molar-refractivity contribution in [1.82, 2.24) is 14.9 Å². The number of carbonyl (C=O) groups is 2. The Morgan fingerprint density at radius 2 is 2.32 bits per heavy atom. The normalized spacial score (nSPS) is 12.2. The number of aliphatic hydroxyl groups is 1. The maximum absolute atomic E-state index is 11.9. The molecule has 0 fully saturated rings. The Morgan fingerprint density at radius 3 is 2.86 bits per heavy atom. The summed E-state index contributed by atoms with van der Waals surface area (Å²) in [6.45, 7) is 3.46. The van der Waals surface area contributed by atoms with Gasteiger partial charge in [-0.1, -0.05) is 5.16 Å². The van der Waals surface area contributed by atoms with E-state index in [0.29, 0.717) is 18.7 Å². The van der Waals surface area contributed by atoms with Crippen LogP contribution in [0.3, 0.4) is 0 Å². The fourth-order valence-corrected chi connectivity index (χ4v) is 1.95. The highest BCUT2D eigenvalue weighted by Gasteiger charge is 2.23. The topological polar surface area (TPSA) is 127 Å². The lowest BCUT2D eigenvalue weighted by Crippen LogP contribution is -2.45. The van der Waals surface area contributed by atoms with E-state index in [9.17, 15) is 9.59 Å². The monoisotopic (exact) mass is 307 g/mol. The van der Waals surface area contributed by atoms with E-state index in [2.05, 4.69) is 10.3 Å². The Bertz CT molecular complexity index is 658. The van der Waals surface area contributed by atoms with Crippen LogP contribution in [0.5, 0.6) is 0 Å². The molecule has 0 aliphatic carbocycles. The van der Waals surface area contributed by atoms with Crippen molar-refractivity contribution in [2.45, 2.75) is 26.4 Å². The smallest absolute Gasteiger partial charge is 0.252 e. The van der Waals surface area contributed by atoms with E-state index in [1.54, 1.807) is 11.6 Å². The SMILES string of the molecule is Cc1noc(C)c1Cn1cc(N(C=O)C(=O)C(N)CO)cn1. The molecule has 0 saturated heterocycles. The molecule has 3 N–H and O–H groups in total. The molecule has 0 aliphatic rings. The third-order valence-corrected chi connectivity index (χ3v) is 3.26. The minimum atomic E-state index is -1.16. The summed E-state index contributed by atoms with van der Waals surface area (Å²) >= 11 is 0. The number of hydrogen-bond acceptors (Lipinski definition) is 7. The van der Waals surface area contributed by atoms with E-state index in [-0.39, 0.29) is 5.69 Å². The summed E-state index contributed by atoms with van der Waals surface area (Å²) in [6, 6.07) is -1.16. The highest BCUT2D eigenvalue weighted by atomic mass is 16.5. The molecule has 2 amide bonds. The minimum absolute atomic E-state index is 0.274. The third kappa shape index (κ3) is 3.05. The van der Waals surface area contributed by atoms with Crippen LogP contribution in [0.15, 0.2) is 16.9 Å². The van der Waals surface area contributed by atoms with Gasteiger partial charge in [-0.25, -0.2) is 4.90 Å². The van der Waals surface area contributed by atoms with Crippen LogP contribution in [0.1, 0.15) is 17.0 Å². The van der Waals surface area contributed by atoms with Gasteiger partial charge in [0.2, 0.25) is 6.41 Å². The Morgan fingerprint density at radius 1 is 1.59 bits per heavy atom. The molecule has 1 atom stereocenters. The molecule has 2 rings (SSSR count). The molecule has 2 aromatic heterocycles. The Hall–Kier alpha value is -2.52. The van der Waals surface area contributed by atoms with Crippen molar-refractivity contribution in [2.75, 3.05) is 11.5 Å². The molecule has 0 aromatic carbocycles. The largest absolute Gasteiger partial charge is 0.394 e. The number of nitrogens with two attached hydrogens (primary N) is 1. The Labute approximate surface area is 126 Å². The van der Waals surface area contributed by atoms with Gasteiger partial charge in [0.25, 0.3) is 5.91 Å². The van der Waals surface area contributed by atoms with Crippen molar-refractivity contribution in [3.05, 3.63) is 29.4 Å². The number of rotatable bonds is 6. The Balaban J connectivity index is 2.20. The number of imide groups is 1. The van der Waals surface area contributed by atoms with Crippen LogP contribution in [0.4, 0.5) is 5.69 Å². The molecule has 0 aliphatic heterocycles. The van der Waals surface area contributed by atoms with Gasteiger partial charge in [-0.2, -0.15) is 5.10 Å². The molecule has 118 valence electrons. The van der Waals surface area contributed by atoms with E-state index in [1.165, 1.54) is 12.4 Å². The second-order valence-corrected chi connectivity index (χ2v) is 4.80. The van der Waals surface area contributed by atoms with Gasteiger partial charge in [0.15, 0.2) is 0 Å². The highest BCUT2D eigenvalue weighted by Crippen LogP contribution is 2.17. The maximum atomic E-state index is 11.9. The quantitative estimate of drug-likeness (QED) is 0.678. The second-order valence-electron chi connectivity index (χ2n) is 4.80. The summed E-state index contributed by atoms with van der Waals surface area (Å²) in [5, 5.41) is 16.9. The number of aromatic nitrogens is 3. The van der Waals surface area contributed by atoms with Crippen LogP contribution < -0.4 is 10.6 Å². The molecule has 1 unspecified atom stereocenters. The molecular weight excluding hydrogens is 290 g/mol. The lowest BCUT2D eigenvalue weighted by atomic mass is 10.2. The van der Waals surface area contributed by atoms with Crippen LogP contribution in [-0.4, -0.2) is 45.0 Å². The zero-order chi connectivity index (χ0) is 16.3. The number of carbonyl (C=O) groups excluding carboxylic acids is 2. The summed E-state index contributed by atoms with van der Waals surface area (Å²) in [6.07, 6.45) is 3.24. The summed E-state index contributed by atoms with van der Waals surface area (Å²) in [7, 11) is 0. The first-order valence-corrected chi connectivity index (χ1v) is 6.57. The van der Waals surface area contributed by atoms with Gasteiger partial charge in [-0.05, 0) is 13.8 Å². The molecule has 2 heterocycles. The fraction of sp³-hybridized carbons (Fsp3) is 0.385. The average molecular weight is 307 g/mol. The maximum Gasteiger partial charge on any atom is 0.252 e. The summed E-state index contributed by atoms with van der Waals surface area (Å²) in [4.78, 5) is 23.8. The first-order chi connectivity index (χ1) is 10.5. The average Bonchev–Trinajstić information content (AvgIpc) is 3.09. The van der Waals surface area contributed by atoms with E-state index in [4.69, 9.17) is 15.4 Å². The van der Waals surface area contributed by atoms with Gasteiger partial charge in [0.1, 0.15) is 11.8 Å². The van der Waals surface area contributed by atoms with Crippen molar-refractivity contribution in [2.24, 2.45) is 5.73 Å².